The van der Waals surface area contributed by atoms with Gasteiger partial charge in [-0.2, -0.15) is 0 Å². The summed E-state index contributed by atoms with van der Waals surface area (Å²) in [7, 11) is -3.02. The molecule has 0 bridgehead atoms. The molecule has 0 aliphatic rings. The molecule has 0 aromatic heterocycles. The molecule has 1 aromatic carbocycles. The molecule has 4 nitrogen and oxygen atoms in total. The van der Waals surface area contributed by atoms with Crippen molar-refractivity contribution in [1.82, 2.24) is 0 Å². The van der Waals surface area contributed by atoms with Crippen LogP contribution in [0.4, 0.5) is 0 Å². The molecule has 0 saturated heterocycles. The van der Waals surface area contributed by atoms with E-state index in [2.05, 4.69) is 0 Å². The van der Waals surface area contributed by atoms with Crippen molar-refractivity contribution in [2.45, 2.75) is 13.3 Å². The molecular formula is C12H17NO3S2. The van der Waals surface area contributed by atoms with Crippen molar-refractivity contribution in [2.75, 3.05) is 18.1 Å². The summed E-state index contributed by atoms with van der Waals surface area (Å²) >= 11 is 4.89. The lowest BCUT2D eigenvalue weighted by molar-refractivity contribution is 0.340. The van der Waals surface area contributed by atoms with Crippen molar-refractivity contribution in [3.05, 3.63) is 29.8 Å². The van der Waals surface area contributed by atoms with Crippen molar-refractivity contribution in [2.24, 2.45) is 5.73 Å². The van der Waals surface area contributed by atoms with Crippen LogP contribution in [0.25, 0.3) is 0 Å². The van der Waals surface area contributed by atoms with Gasteiger partial charge >= 0.3 is 0 Å². The second-order valence-corrected chi connectivity index (χ2v) is 6.60. The quantitative estimate of drug-likeness (QED) is 0.770. The fourth-order valence-electron chi connectivity index (χ4n) is 1.49. The van der Waals surface area contributed by atoms with Gasteiger partial charge in [0.25, 0.3) is 0 Å². The molecule has 100 valence electrons. The van der Waals surface area contributed by atoms with E-state index in [0.29, 0.717) is 17.7 Å². The van der Waals surface area contributed by atoms with E-state index < -0.39 is 9.84 Å². The van der Waals surface area contributed by atoms with Gasteiger partial charge < -0.3 is 10.5 Å². The Morgan fingerprint density at radius 3 is 2.61 bits per heavy atom. The summed E-state index contributed by atoms with van der Waals surface area (Å²) in [6.07, 6.45) is 0.617. The molecule has 1 rings (SSSR count). The van der Waals surface area contributed by atoms with Gasteiger partial charge in [-0.05, 0) is 18.6 Å². The topological polar surface area (TPSA) is 69.4 Å². The number of hydrogen-bond acceptors (Lipinski definition) is 4. The molecule has 0 heterocycles. The zero-order valence-electron chi connectivity index (χ0n) is 10.3. The van der Waals surface area contributed by atoms with Gasteiger partial charge in [0.2, 0.25) is 0 Å². The second-order valence-electron chi connectivity index (χ2n) is 3.86. The van der Waals surface area contributed by atoms with Gasteiger partial charge in [0, 0.05) is 0 Å². The molecule has 0 amide bonds. The predicted molar refractivity (Wildman–Crippen MR) is 76.8 cm³/mol. The van der Waals surface area contributed by atoms with Gasteiger partial charge in [-0.3, -0.25) is 0 Å². The van der Waals surface area contributed by atoms with Crippen LogP contribution in [0, 0.1) is 0 Å². The van der Waals surface area contributed by atoms with Crippen LogP contribution in [0.15, 0.2) is 24.3 Å². The smallest absolute Gasteiger partial charge is 0.153 e. The third-order valence-corrected chi connectivity index (χ3v) is 4.36. The SMILES string of the molecule is CCCS(=O)(=O)CCOc1ccccc1C(N)=S. The molecule has 0 aliphatic heterocycles. The fourth-order valence-corrected chi connectivity index (χ4v) is 2.82. The van der Waals surface area contributed by atoms with Crippen molar-refractivity contribution in [3.8, 4) is 5.75 Å². The maximum atomic E-state index is 11.5. The summed E-state index contributed by atoms with van der Waals surface area (Å²) < 4.78 is 28.5. The molecule has 6 heteroatoms. The number of ether oxygens (including phenoxy) is 1. The first-order chi connectivity index (χ1) is 8.46. The molecular weight excluding hydrogens is 270 g/mol. The van der Waals surface area contributed by atoms with Gasteiger partial charge in [0.05, 0.1) is 17.1 Å². The number of nitrogens with two attached hydrogens (primary N) is 1. The molecule has 0 spiro atoms. The van der Waals surface area contributed by atoms with Crippen molar-refractivity contribution >= 4 is 27.0 Å². The van der Waals surface area contributed by atoms with E-state index in [1.165, 1.54) is 0 Å². The van der Waals surface area contributed by atoms with E-state index in [0.717, 1.165) is 0 Å². The lowest BCUT2D eigenvalue weighted by Gasteiger charge is -2.10. The van der Waals surface area contributed by atoms with Crippen LogP contribution in [0.1, 0.15) is 18.9 Å². The fraction of sp³-hybridized carbons (Fsp3) is 0.417. The minimum atomic E-state index is -3.02. The van der Waals surface area contributed by atoms with E-state index in [1.807, 2.05) is 6.92 Å². The Labute approximate surface area is 113 Å². The minimum absolute atomic E-state index is 0.00646. The number of sulfone groups is 1. The molecule has 0 atom stereocenters. The standard InChI is InChI=1S/C12H17NO3S2/c1-2-8-18(14,15)9-7-16-11-6-4-3-5-10(11)12(13)17/h3-6H,2,7-9H2,1H3,(H2,13,17). The van der Waals surface area contributed by atoms with E-state index in [9.17, 15) is 8.42 Å². The summed E-state index contributed by atoms with van der Waals surface area (Å²) in [5.74, 6) is 0.719. The van der Waals surface area contributed by atoms with Crippen molar-refractivity contribution < 1.29 is 13.2 Å². The number of benzene rings is 1. The first-order valence-electron chi connectivity index (χ1n) is 5.68. The van der Waals surface area contributed by atoms with E-state index in [4.69, 9.17) is 22.7 Å². The average molecular weight is 287 g/mol. The Kier molecular flexibility index (Phi) is 5.55. The highest BCUT2D eigenvalue weighted by Gasteiger charge is 2.11. The predicted octanol–water partition coefficient (Wildman–Crippen LogP) is 1.52. The highest BCUT2D eigenvalue weighted by molar-refractivity contribution is 7.91. The summed E-state index contributed by atoms with van der Waals surface area (Å²) in [5, 5.41) is 0. The molecule has 0 fully saturated rings. The first-order valence-corrected chi connectivity index (χ1v) is 7.91. The third-order valence-electron chi connectivity index (χ3n) is 2.32. The summed E-state index contributed by atoms with van der Waals surface area (Å²) in [4.78, 5) is 0.238. The summed E-state index contributed by atoms with van der Waals surface area (Å²) in [6.45, 7) is 1.95. The zero-order valence-corrected chi connectivity index (χ0v) is 11.9. The molecule has 0 saturated carbocycles. The summed E-state index contributed by atoms with van der Waals surface area (Å²) in [5.41, 5.74) is 6.18. The summed E-state index contributed by atoms with van der Waals surface area (Å²) in [6, 6.07) is 7.06. The van der Waals surface area contributed by atoms with Gasteiger partial charge in [-0.15, -0.1) is 0 Å². The number of para-hydroxylation sites is 1. The molecule has 0 unspecified atom stereocenters. The molecule has 18 heavy (non-hydrogen) atoms. The highest BCUT2D eigenvalue weighted by atomic mass is 32.2. The first kappa shape index (κ1) is 14.9. The lowest BCUT2D eigenvalue weighted by atomic mass is 10.2. The maximum Gasteiger partial charge on any atom is 0.153 e. The number of hydrogen-bond donors (Lipinski definition) is 1. The van der Waals surface area contributed by atoms with Crippen LogP contribution < -0.4 is 10.5 Å². The van der Waals surface area contributed by atoms with E-state index in [1.54, 1.807) is 24.3 Å². The van der Waals surface area contributed by atoms with Gasteiger partial charge in [-0.1, -0.05) is 31.3 Å². The Morgan fingerprint density at radius 1 is 1.33 bits per heavy atom. The minimum Gasteiger partial charge on any atom is -0.492 e. The Morgan fingerprint density at radius 2 is 2.00 bits per heavy atom. The normalized spacial score (nSPS) is 11.2. The van der Waals surface area contributed by atoms with E-state index in [-0.39, 0.29) is 23.1 Å². The second kappa shape index (κ2) is 6.70. The average Bonchev–Trinajstić information content (AvgIpc) is 2.29. The Hall–Kier alpha value is -1.14. The van der Waals surface area contributed by atoms with Crippen LogP contribution >= 0.6 is 12.2 Å². The van der Waals surface area contributed by atoms with Gasteiger partial charge in [0.1, 0.15) is 17.3 Å². The van der Waals surface area contributed by atoms with Gasteiger partial charge in [0.15, 0.2) is 9.84 Å². The molecule has 0 radical (unpaired) electrons. The van der Waals surface area contributed by atoms with Crippen molar-refractivity contribution in [1.29, 1.82) is 0 Å². The van der Waals surface area contributed by atoms with E-state index >= 15 is 0 Å². The largest absolute Gasteiger partial charge is 0.492 e. The number of thiocarbonyl (C=S) groups is 1. The van der Waals surface area contributed by atoms with Crippen LogP contribution in [0.3, 0.4) is 0 Å². The molecule has 1 aromatic rings. The number of rotatable bonds is 7. The van der Waals surface area contributed by atoms with Crippen LogP contribution in [-0.2, 0) is 9.84 Å². The Balaban J connectivity index is 2.62. The molecule has 2 N–H and O–H groups in total. The van der Waals surface area contributed by atoms with Crippen LogP contribution in [0.2, 0.25) is 0 Å². The Bertz CT molecular complexity index is 512. The zero-order chi connectivity index (χ0) is 13.6. The van der Waals surface area contributed by atoms with Gasteiger partial charge in [-0.25, -0.2) is 8.42 Å². The lowest BCUT2D eigenvalue weighted by Crippen LogP contribution is -2.18. The van der Waals surface area contributed by atoms with Crippen LogP contribution in [0.5, 0.6) is 5.75 Å². The van der Waals surface area contributed by atoms with Crippen LogP contribution in [-0.4, -0.2) is 31.5 Å². The maximum absolute atomic E-state index is 11.5. The monoisotopic (exact) mass is 287 g/mol. The van der Waals surface area contributed by atoms with Crippen molar-refractivity contribution in [3.63, 3.8) is 0 Å². The molecule has 0 aliphatic carbocycles. The third kappa shape index (κ3) is 4.62. The highest BCUT2D eigenvalue weighted by Crippen LogP contribution is 2.17.